The molecule has 13 rings (SSSR count). The monoisotopic (exact) mass is 915 g/mol. The van der Waals surface area contributed by atoms with Gasteiger partial charge in [0.15, 0.2) is 11.6 Å². The van der Waals surface area contributed by atoms with Crippen LogP contribution in [0.2, 0.25) is 0 Å². The highest BCUT2D eigenvalue weighted by atomic mass is 15.2. The molecule has 5 nitrogen and oxygen atoms in total. The molecule has 0 saturated heterocycles. The molecule has 1 atom stereocenters. The van der Waals surface area contributed by atoms with Crippen molar-refractivity contribution in [1.29, 1.82) is 0 Å². The average Bonchev–Trinajstić information content (AvgIpc) is 3.94. The van der Waals surface area contributed by atoms with Crippen molar-refractivity contribution in [2.75, 3.05) is 0 Å². The minimum Gasteiger partial charge on any atom is -0.307 e. The number of rotatable bonds is 7. The molecule has 0 N–H and O–H groups in total. The van der Waals surface area contributed by atoms with Gasteiger partial charge in [0.1, 0.15) is 0 Å². The normalized spacial score (nSPS) is 15.1. The molecule has 0 spiro atoms. The van der Waals surface area contributed by atoms with E-state index in [1.807, 2.05) is 24.3 Å². The minimum atomic E-state index is 0.0817. The lowest BCUT2D eigenvalue weighted by Crippen LogP contribution is -2.40. The molecular weight excluding hydrogens is 863 g/mol. The van der Waals surface area contributed by atoms with Crippen LogP contribution in [0.3, 0.4) is 0 Å². The van der Waals surface area contributed by atoms with Gasteiger partial charge in [-0.05, 0) is 91.9 Å². The molecule has 0 bridgehead atoms. The second-order valence-electron chi connectivity index (χ2n) is 20.7. The van der Waals surface area contributed by atoms with Gasteiger partial charge >= 0.3 is 0 Å². The summed E-state index contributed by atoms with van der Waals surface area (Å²) in [5, 5.41) is 4.60. The van der Waals surface area contributed by atoms with E-state index in [4.69, 9.17) is 15.0 Å². The predicted molar refractivity (Wildman–Crippen MR) is 296 cm³/mol. The summed E-state index contributed by atoms with van der Waals surface area (Å²) in [5.74, 6) is 2.39. The van der Waals surface area contributed by atoms with E-state index >= 15 is 0 Å². The summed E-state index contributed by atoms with van der Waals surface area (Å²) in [6.07, 6.45) is 1.17. The van der Waals surface area contributed by atoms with Gasteiger partial charge in [0.05, 0.1) is 22.1 Å². The van der Waals surface area contributed by atoms with Gasteiger partial charge < -0.3 is 4.57 Å². The summed E-state index contributed by atoms with van der Waals surface area (Å²) in [6.45, 7) is 12.1. The Bertz CT molecular complexity index is 4010. The van der Waals surface area contributed by atoms with Gasteiger partial charge in [-0.3, -0.25) is 4.57 Å². The topological polar surface area (TPSA) is 48.5 Å². The zero-order valence-corrected chi connectivity index (χ0v) is 40.7. The number of aromatic nitrogens is 5. The Balaban J connectivity index is 0.998. The van der Waals surface area contributed by atoms with Gasteiger partial charge in [0, 0.05) is 38.4 Å². The molecule has 71 heavy (non-hydrogen) atoms. The smallest absolute Gasteiger partial charge is 0.238 e. The van der Waals surface area contributed by atoms with Crippen molar-refractivity contribution in [3.63, 3.8) is 0 Å². The molecular formula is C66H53N5. The number of nitrogens with zero attached hydrogens (tertiary/aromatic N) is 5. The van der Waals surface area contributed by atoms with Crippen LogP contribution in [0.4, 0.5) is 0 Å². The third-order valence-electron chi connectivity index (χ3n) is 15.7. The lowest BCUT2D eigenvalue weighted by Gasteiger charge is -2.47. The molecule has 3 heterocycles. The molecule has 0 saturated carbocycles. The summed E-state index contributed by atoms with van der Waals surface area (Å²) in [5.41, 5.74) is 17.6. The van der Waals surface area contributed by atoms with Crippen molar-refractivity contribution in [3.05, 3.63) is 223 Å². The van der Waals surface area contributed by atoms with Crippen LogP contribution in [-0.2, 0) is 10.8 Å². The first-order chi connectivity index (χ1) is 34.6. The fraction of sp³-hybridized carbons (Fsp3) is 0.136. The Hall–Kier alpha value is -8.41. The highest BCUT2D eigenvalue weighted by Gasteiger charge is 2.43. The maximum absolute atomic E-state index is 5.39. The van der Waals surface area contributed by atoms with Gasteiger partial charge in [0.2, 0.25) is 5.95 Å². The Morgan fingerprint density at radius 1 is 0.408 bits per heavy atom. The van der Waals surface area contributed by atoms with Crippen molar-refractivity contribution in [2.45, 2.75) is 51.9 Å². The van der Waals surface area contributed by atoms with E-state index < -0.39 is 0 Å². The largest absolute Gasteiger partial charge is 0.307 e. The summed E-state index contributed by atoms with van der Waals surface area (Å²) < 4.78 is 4.72. The van der Waals surface area contributed by atoms with E-state index in [-0.39, 0.29) is 10.8 Å². The predicted octanol–water partition coefficient (Wildman–Crippen LogP) is 17.0. The molecule has 342 valence electrons. The molecule has 0 aliphatic heterocycles. The number of benzene rings is 9. The van der Waals surface area contributed by atoms with Crippen LogP contribution < -0.4 is 0 Å². The first-order valence-corrected chi connectivity index (χ1v) is 24.9. The highest BCUT2D eigenvalue weighted by molar-refractivity contribution is 6.23. The Kier molecular flexibility index (Phi) is 9.83. The van der Waals surface area contributed by atoms with Crippen LogP contribution in [-0.4, -0.2) is 24.1 Å². The number of para-hydroxylation sites is 2. The van der Waals surface area contributed by atoms with E-state index in [9.17, 15) is 0 Å². The molecule has 1 aliphatic carbocycles. The van der Waals surface area contributed by atoms with Gasteiger partial charge in [-0.1, -0.05) is 223 Å². The van der Waals surface area contributed by atoms with Gasteiger partial charge in [-0.2, -0.15) is 9.97 Å². The van der Waals surface area contributed by atoms with E-state index in [1.165, 1.54) is 39.6 Å². The Morgan fingerprint density at radius 2 is 0.887 bits per heavy atom. The van der Waals surface area contributed by atoms with Crippen LogP contribution in [0.5, 0.6) is 0 Å². The standard InChI is InChI=1S/C66H53N5/c1-42-41-65(2,3)59-51(26-17-27-56(59)66(42,4)5)46-34-30-45(31-35-46)49-22-16-23-50(40-49)70-57-28-14-12-24-52(57)54-38-39-55-53-25-13-15-29-58(53)71(61(55)60(54)70)64-68-62(47-20-10-7-11-21-47)67-63(69-64)48-36-32-44(33-37-48)43-18-8-6-9-19-43/h6-40,42H,41H2,1-5H3. The summed E-state index contributed by atoms with van der Waals surface area (Å²) in [6, 6.07) is 76.5. The molecule has 5 heteroatoms. The fourth-order valence-electron chi connectivity index (χ4n) is 11.8. The van der Waals surface area contributed by atoms with Gasteiger partial charge in [-0.15, -0.1) is 0 Å². The van der Waals surface area contributed by atoms with Crippen LogP contribution in [0.25, 0.3) is 111 Å². The molecule has 0 radical (unpaired) electrons. The van der Waals surface area contributed by atoms with Crippen LogP contribution >= 0.6 is 0 Å². The molecule has 0 fully saturated rings. The highest BCUT2D eigenvalue weighted by Crippen LogP contribution is 2.52. The number of hydrogen-bond acceptors (Lipinski definition) is 3. The third-order valence-corrected chi connectivity index (χ3v) is 15.7. The number of hydrogen-bond donors (Lipinski definition) is 0. The minimum absolute atomic E-state index is 0.0817. The third kappa shape index (κ3) is 6.93. The van der Waals surface area contributed by atoms with Gasteiger partial charge in [-0.25, -0.2) is 4.98 Å². The summed E-state index contributed by atoms with van der Waals surface area (Å²) in [7, 11) is 0. The zero-order valence-electron chi connectivity index (χ0n) is 40.7. The molecule has 9 aromatic carbocycles. The second-order valence-corrected chi connectivity index (χ2v) is 20.7. The Labute approximate surface area is 414 Å². The molecule has 1 aliphatic rings. The number of fused-ring (bicyclic) bond motifs is 8. The fourth-order valence-corrected chi connectivity index (χ4v) is 11.8. The summed E-state index contributed by atoms with van der Waals surface area (Å²) in [4.78, 5) is 15.9. The van der Waals surface area contributed by atoms with E-state index in [0.29, 0.717) is 23.5 Å². The maximum Gasteiger partial charge on any atom is 0.238 e. The van der Waals surface area contributed by atoms with Crippen LogP contribution in [0, 0.1) is 5.92 Å². The Morgan fingerprint density at radius 3 is 1.54 bits per heavy atom. The van der Waals surface area contributed by atoms with E-state index in [2.05, 4.69) is 232 Å². The lowest BCUT2D eigenvalue weighted by molar-refractivity contribution is 0.234. The van der Waals surface area contributed by atoms with E-state index in [0.717, 1.165) is 71.7 Å². The maximum atomic E-state index is 5.39. The van der Waals surface area contributed by atoms with E-state index in [1.54, 1.807) is 0 Å². The second kappa shape index (κ2) is 16.4. The lowest BCUT2D eigenvalue weighted by atomic mass is 9.57. The molecule has 12 aromatic rings. The first kappa shape index (κ1) is 42.7. The summed E-state index contributed by atoms with van der Waals surface area (Å²) >= 11 is 0. The zero-order chi connectivity index (χ0) is 48.0. The quantitative estimate of drug-likeness (QED) is 0.160. The average molecular weight is 916 g/mol. The molecule has 3 aromatic heterocycles. The van der Waals surface area contributed by atoms with Crippen LogP contribution in [0.1, 0.15) is 52.2 Å². The SMILES string of the molecule is CC1CC(C)(C)c2c(-c3ccc(-c4cccc(-n5c6ccccc6c6ccc7c8ccccc8n(-c8nc(-c9ccccc9)nc(-c9ccc(-c%10ccccc%10)cc9)n8)c7c65)c4)cc3)cccc2C1(C)C. The molecule has 0 amide bonds. The van der Waals surface area contributed by atoms with Crippen molar-refractivity contribution >= 4 is 43.6 Å². The van der Waals surface area contributed by atoms with Crippen LogP contribution in [0.15, 0.2) is 212 Å². The van der Waals surface area contributed by atoms with Gasteiger partial charge in [0.25, 0.3) is 0 Å². The van der Waals surface area contributed by atoms with Crippen molar-refractivity contribution in [1.82, 2.24) is 24.1 Å². The molecule has 1 unspecified atom stereocenters. The van der Waals surface area contributed by atoms with Crippen molar-refractivity contribution in [3.8, 4) is 67.8 Å². The van der Waals surface area contributed by atoms with Crippen molar-refractivity contribution in [2.24, 2.45) is 5.92 Å². The van der Waals surface area contributed by atoms with Crippen molar-refractivity contribution < 1.29 is 0 Å². The first-order valence-electron chi connectivity index (χ1n) is 24.9.